The Morgan fingerprint density at radius 2 is 1.88 bits per heavy atom. The second kappa shape index (κ2) is 5.76. The van der Waals surface area contributed by atoms with E-state index >= 15 is 0 Å². The van der Waals surface area contributed by atoms with Crippen LogP contribution >= 0.6 is 24.0 Å². The van der Waals surface area contributed by atoms with E-state index in [-0.39, 0.29) is 23.9 Å². The van der Waals surface area contributed by atoms with E-state index in [4.69, 9.17) is 17.3 Å². The average molecular weight is 263 g/mol. The Hall–Kier alpha value is -0.440. The molecule has 0 fully saturated rings. The fraction of sp³-hybridized carbons (Fsp3) is 0.500. The van der Waals surface area contributed by atoms with Crippen molar-refractivity contribution in [3.8, 4) is 0 Å². The smallest absolute Gasteiger partial charge is 0.0410 e. The Balaban J connectivity index is 0.00000225. The zero-order chi connectivity index (χ0) is 11.6. The first-order chi connectivity index (χ1) is 6.86. The van der Waals surface area contributed by atoms with E-state index in [1.54, 1.807) is 0 Å². The summed E-state index contributed by atoms with van der Waals surface area (Å²) in [6.07, 6.45) is 0. The molecule has 2 nitrogen and oxygen atoms in total. The Kier molecular flexibility index (Phi) is 5.60. The normalized spacial score (nSPS) is 13.1. The van der Waals surface area contributed by atoms with Crippen molar-refractivity contribution >= 4 is 29.7 Å². The van der Waals surface area contributed by atoms with E-state index < -0.39 is 0 Å². The molecule has 92 valence electrons. The minimum absolute atomic E-state index is 0. The highest BCUT2D eigenvalue weighted by Gasteiger charge is 2.26. The summed E-state index contributed by atoms with van der Waals surface area (Å²) in [5.74, 6) is 0. The van der Waals surface area contributed by atoms with Crippen molar-refractivity contribution in [2.75, 3.05) is 12.8 Å². The molecule has 0 spiro atoms. The quantitative estimate of drug-likeness (QED) is 0.799. The Morgan fingerprint density at radius 1 is 1.31 bits per heavy atom. The molecule has 0 amide bonds. The summed E-state index contributed by atoms with van der Waals surface area (Å²) in [7, 11) is 1.94. The number of nitrogens with one attached hydrogen (secondary N) is 1. The van der Waals surface area contributed by atoms with Gasteiger partial charge in [0.2, 0.25) is 0 Å². The average Bonchev–Trinajstić information content (AvgIpc) is 2.10. The monoisotopic (exact) mass is 262 g/mol. The van der Waals surface area contributed by atoms with Crippen LogP contribution < -0.4 is 11.1 Å². The van der Waals surface area contributed by atoms with Gasteiger partial charge in [-0.1, -0.05) is 32.4 Å². The lowest BCUT2D eigenvalue weighted by Gasteiger charge is -2.31. The van der Waals surface area contributed by atoms with Crippen LogP contribution in [0, 0.1) is 5.41 Å². The lowest BCUT2D eigenvalue weighted by atomic mass is 9.82. The summed E-state index contributed by atoms with van der Waals surface area (Å²) in [5, 5.41) is 4.01. The molecule has 1 rings (SSSR count). The molecular formula is C12H20Cl2N2. The molecule has 0 bridgehead atoms. The van der Waals surface area contributed by atoms with Crippen LogP contribution in [0.4, 0.5) is 5.69 Å². The molecule has 1 aromatic rings. The van der Waals surface area contributed by atoms with Crippen molar-refractivity contribution in [1.29, 1.82) is 0 Å². The van der Waals surface area contributed by atoms with E-state index in [1.807, 2.05) is 25.2 Å². The second-order valence-electron chi connectivity index (χ2n) is 4.86. The number of nitrogens with two attached hydrogens (primary N) is 1. The first kappa shape index (κ1) is 15.6. The van der Waals surface area contributed by atoms with Gasteiger partial charge in [0.05, 0.1) is 0 Å². The third kappa shape index (κ3) is 3.55. The van der Waals surface area contributed by atoms with Crippen molar-refractivity contribution in [3.63, 3.8) is 0 Å². The molecule has 0 aromatic heterocycles. The van der Waals surface area contributed by atoms with Gasteiger partial charge in [0.1, 0.15) is 0 Å². The van der Waals surface area contributed by atoms with E-state index in [9.17, 15) is 0 Å². The van der Waals surface area contributed by atoms with Crippen LogP contribution in [0.2, 0.25) is 5.02 Å². The van der Waals surface area contributed by atoms with Crippen LogP contribution in [0.25, 0.3) is 0 Å². The van der Waals surface area contributed by atoms with Crippen molar-refractivity contribution in [3.05, 3.63) is 28.8 Å². The molecule has 0 radical (unpaired) electrons. The maximum Gasteiger partial charge on any atom is 0.0410 e. The predicted molar refractivity (Wildman–Crippen MR) is 74.4 cm³/mol. The van der Waals surface area contributed by atoms with Crippen LogP contribution in [-0.2, 0) is 0 Å². The fourth-order valence-corrected chi connectivity index (χ4v) is 2.03. The molecule has 0 aliphatic rings. The first-order valence-electron chi connectivity index (χ1n) is 5.08. The molecular weight excluding hydrogens is 243 g/mol. The molecule has 1 atom stereocenters. The molecule has 0 saturated heterocycles. The van der Waals surface area contributed by atoms with Crippen LogP contribution in [0.15, 0.2) is 18.2 Å². The molecule has 0 unspecified atom stereocenters. The minimum Gasteiger partial charge on any atom is -0.398 e. The highest BCUT2D eigenvalue weighted by molar-refractivity contribution is 6.30. The van der Waals surface area contributed by atoms with E-state index in [0.717, 1.165) is 16.3 Å². The van der Waals surface area contributed by atoms with Crippen molar-refractivity contribution in [1.82, 2.24) is 5.32 Å². The second-order valence-corrected chi connectivity index (χ2v) is 5.30. The lowest BCUT2D eigenvalue weighted by molar-refractivity contribution is 0.288. The highest BCUT2D eigenvalue weighted by Crippen LogP contribution is 2.36. The Morgan fingerprint density at radius 3 is 2.31 bits per heavy atom. The van der Waals surface area contributed by atoms with Gasteiger partial charge in [-0.25, -0.2) is 0 Å². The van der Waals surface area contributed by atoms with Gasteiger partial charge in [-0.05, 0) is 36.2 Å². The van der Waals surface area contributed by atoms with Gasteiger partial charge in [0.15, 0.2) is 0 Å². The maximum atomic E-state index is 5.98. The van der Waals surface area contributed by atoms with Gasteiger partial charge in [-0.3, -0.25) is 0 Å². The first-order valence-corrected chi connectivity index (χ1v) is 5.46. The summed E-state index contributed by atoms with van der Waals surface area (Å²) in [6.45, 7) is 6.53. The van der Waals surface area contributed by atoms with Gasteiger partial charge in [-0.2, -0.15) is 0 Å². The van der Waals surface area contributed by atoms with Gasteiger partial charge in [-0.15, -0.1) is 12.4 Å². The molecule has 0 heterocycles. The topological polar surface area (TPSA) is 38.0 Å². The molecule has 0 saturated carbocycles. The van der Waals surface area contributed by atoms with Gasteiger partial charge < -0.3 is 11.1 Å². The van der Waals surface area contributed by atoms with Gasteiger partial charge in [0, 0.05) is 16.8 Å². The summed E-state index contributed by atoms with van der Waals surface area (Å²) < 4.78 is 0. The number of rotatable bonds is 2. The largest absolute Gasteiger partial charge is 0.398 e. The van der Waals surface area contributed by atoms with Crippen LogP contribution in [0.3, 0.4) is 0 Å². The van der Waals surface area contributed by atoms with E-state index in [0.29, 0.717) is 0 Å². The fourth-order valence-electron chi connectivity index (χ4n) is 1.85. The molecule has 16 heavy (non-hydrogen) atoms. The molecule has 4 heteroatoms. The molecule has 0 aliphatic carbocycles. The van der Waals surface area contributed by atoms with Crippen molar-refractivity contribution in [2.45, 2.75) is 26.8 Å². The van der Waals surface area contributed by atoms with Gasteiger partial charge >= 0.3 is 0 Å². The number of nitrogen functional groups attached to an aromatic ring is 1. The van der Waals surface area contributed by atoms with Crippen molar-refractivity contribution in [2.24, 2.45) is 5.41 Å². The zero-order valence-electron chi connectivity index (χ0n) is 10.2. The maximum absolute atomic E-state index is 5.98. The minimum atomic E-state index is 0. The van der Waals surface area contributed by atoms with Crippen molar-refractivity contribution < 1.29 is 0 Å². The predicted octanol–water partition coefficient (Wildman–Crippen LogP) is 3.65. The summed E-state index contributed by atoms with van der Waals surface area (Å²) >= 11 is 5.98. The third-order valence-corrected chi connectivity index (χ3v) is 2.75. The number of hydrogen-bond acceptors (Lipinski definition) is 2. The van der Waals surface area contributed by atoms with Crippen LogP contribution in [0.1, 0.15) is 32.4 Å². The van der Waals surface area contributed by atoms with Crippen LogP contribution in [0.5, 0.6) is 0 Å². The van der Waals surface area contributed by atoms with E-state index in [1.165, 1.54) is 0 Å². The summed E-state index contributed by atoms with van der Waals surface area (Å²) in [4.78, 5) is 0. The van der Waals surface area contributed by atoms with E-state index in [2.05, 4.69) is 26.1 Å². The lowest BCUT2D eigenvalue weighted by Crippen LogP contribution is -2.30. The number of anilines is 1. The summed E-state index contributed by atoms with van der Waals surface area (Å²) in [6, 6.07) is 5.81. The number of hydrogen-bond donors (Lipinski definition) is 2. The number of benzene rings is 1. The molecule has 0 aliphatic heterocycles. The highest BCUT2D eigenvalue weighted by atomic mass is 35.5. The van der Waals surface area contributed by atoms with Gasteiger partial charge in [0.25, 0.3) is 0 Å². The Bertz CT molecular complexity index is 345. The Labute approximate surface area is 109 Å². The van der Waals surface area contributed by atoms with Crippen LogP contribution in [-0.4, -0.2) is 7.05 Å². The molecule has 3 N–H and O–H groups in total. The number of halogens is 2. The SMILES string of the molecule is CN[C@H](c1cc(Cl)ccc1N)C(C)(C)C.Cl. The third-order valence-electron chi connectivity index (χ3n) is 2.51. The molecule has 1 aromatic carbocycles. The standard InChI is InChI=1S/C12H19ClN2.ClH/c1-12(2,3)11(15-4)9-7-8(13)5-6-10(9)14;/h5-7,11,15H,14H2,1-4H3;1H/t11-;/m1./s1. The summed E-state index contributed by atoms with van der Waals surface area (Å²) in [5.41, 5.74) is 7.92. The zero-order valence-corrected chi connectivity index (χ0v) is 11.7.